The number of hydrogen-bond acceptors (Lipinski definition) is 9. The number of aromatic nitrogens is 6. The van der Waals surface area contributed by atoms with Crippen molar-refractivity contribution < 1.29 is 43.4 Å². The number of aromatic amines is 3. The molecule has 0 fully saturated rings. The van der Waals surface area contributed by atoms with E-state index in [2.05, 4.69) is 53.9 Å². The van der Waals surface area contributed by atoms with Crippen molar-refractivity contribution in [2.45, 2.75) is 252 Å². The van der Waals surface area contributed by atoms with Crippen molar-refractivity contribution in [2.75, 3.05) is 0 Å². The van der Waals surface area contributed by atoms with E-state index in [1.807, 2.05) is 71.7 Å². The molecule has 0 aliphatic heterocycles. The zero-order chi connectivity index (χ0) is 55.5. The number of nitrogens with one attached hydrogen (secondary N) is 3. The predicted octanol–water partition coefficient (Wildman–Crippen LogP) is 10.2. The van der Waals surface area contributed by atoms with Gasteiger partial charge in [0.15, 0.2) is 18.1 Å². The van der Waals surface area contributed by atoms with Gasteiger partial charge >= 0.3 is 0 Å². The van der Waals surface area contributed by atoms with Crippen molar-refractivity contribution in [1.29, 1.82) is 15.8 Å². The van der Waals surface area contributed by atoms with E-state index in [9.17, 15) is 29.7 Å². The molecule has 4 aromatic rings. The minimum absolute atomic E-state index is 0.0742. The highest BCUT2D eigenvalue weighted by atomic mass is 16.4. The molecule has 4 rings (SSSR count). The number of H-pyrrole nitrogens is 3. The van der Waals surface area contributed by atoms with Crippen LogP contribution in [-0.4, -0.2) is 32.9 Å². The molecule has 15 heteroatoms. The van der Waals surface area contributed by atoms with Crippen molar-refractivity contribution in [1.82, 2.24) is 15.0 Å². The number of carboxylic acid groups (broad SMARTS) is 3. The summed E-state index contributed by atoms with van der Waals surface area (Å²) in [4.78, 5) is 41.3. The predicted molar refractivity (Wildman–Crippen MR) is 286 cm³/mol. The number of nitrogens with zero attached hydrogens (tertiary/aromatic N) is 6. The van der Waals surface area contributed by atoms with Gasteiger partial charge in [-0.1, -0.05) is 193 Å². The Kier molecular flexibility index (Phi) is 38.3. The zero-order valence-corrected chi connectivity index (χ0v) is 46.8. The summed E-state index contributed by atoms with van der Waals surface area (Å²) in [5.74, 6) is -1.95. The molecule has 3 N–H and O–H groups in total. The second-order valence-electron chi connectivity index (χ2n) is 19.7. The van der Waals surface area contributed by atoms with E-state index >= 15 is 0 Å². The molecule has 3 aromatic heterocycles. The van der Waals surface area contributed by atoms with Crippen LogP contribution in [0.4, 0.5) is 0 Å². The molecule has 0 aliphatic carbocycles. The molecule has 0 radical (unpaired) electrons. The molecule has 0 spiro atoms. The fraction of sp³-hybridized carbons (Fsp3) is 0.650. The number of aromatic carboxylic acids is 3. The average Bonchev–Trinajstić information content (AvgIpc) is 4.21. The molecule has 0 amide bonds. The summed E-state index contributed by atoms with van der Waals surface area (Å²) in [6, 6.07) is 9.53. The SMILES string of the molecule is CCCCCCCCCCCc1[nH]cc[n+]1C(C)C#N.CCCCCCCCCCCc1[nH]cc[n+]1C(C)C#N.CCCCCCCCCCCc1[nH]cc[n+]1C(C)C#N.O=C([O-])c1cccc(C(=O)[O-])c1C(=O)[O-]. The normalized spacial score (nSPS) is 11.7. The van der Waals surface area contributed by atoms with Gasteiger partial charge in [-0.2, -0.15) is 15.8 Å². The number of rotatable bonds is 36. The minimum Gasteiger partial charge on any atom is -0.545 e. The molecule has 0 saturated heterocycles. The number of hydrogen-bond donors (Lipinski definition) is 3. The molecule has 3 atom stereocenters. The van der Waals surface area contributed by atoms with E-state index in [-0.39, 0.29) is 18.1 Å². The molecule has 3 unspecified atom stereocenters. The lowest BCUT2D eigenvalue weighted by molar-refractivity contribution is -0.712. The number of carbonyl (C=O) groups is 3. The third-order valence-electron chi connectivity index (χ3n) is 13.5. The lowest BCUT2D eigenvalue weighted by Gasteiger charge is -2.16. The molecule has 0 aliphatic rings. The summed E-state index contributed by atoms with van der Waals surface area (Å²) in [5.41, 5.74) is -2.45. The highest BCUT2D eigenvalue weighted by Gasteiger charge is 2.18. The molecule has 414 valence electrons. The first-order valence-corrected chi connectivity index (χ1v) is 28.5. The molecule has 75 heavy (non-hydrogen) atoms. The second kappa shape index (κ2) is 43.0. The number of benzene rings is 1. The maximum Gasteiger partial charge on any atom is 0.255 e. The van der Waals surface area contributed by atoms with Crippen LogP contribution in [0.3, 0.4) is 0 Å². The number of nitriles is 3. The summed E-state index contributed by atoms with van der Waals surface area (Å²) < 4.78 is 6.14. The maximum atomic E-state index is 10.6. The third kappa shape index (κ3) is 28.8. The molecule has 0 bridgehead atoms. The fourth-order valence-corrected chi connectivity index (χ4v) is 8.94. The number of unbranched alkanes of at least 4 members (excludes halogenated alkanes) is 24. The van der Waals surface area contributed by atoms with E-state index in [1.54, 1.807) is 0 Å². The maximum absolute atomic E-state index is 10.6. The van der Waals surface area contributed by atoms with Gasteiger partial charge in [-0.25, -0.2) is 28.7 Å². The van der Waals surface area contributed by atoms with E-state index < -0.39 is 34.6 Å². The second-order valence-corrected chi connectivity index (χ2v) is 19.7. The van der Waals surface area contributed by atoms with Crippen LogP contribution in [0.1, 0.15) is 282 Å². The van der Waals surface area contributed by atoms with E-state index in [4.69, 9.17) is 15.8 Å². The average molecular weight is 1040 g/mol. The monoisotopic (exact) mass is 1040 g/mol. The summed E-state index contributed by atoms with van der Waals surface area (Å²) in [5, 5.41) is 58.5. The smallest absolute Gasteiger partial charge is 0.255 e. The van der Waals surface area contributed by atoms with Gasteiger partial charge < -0.3 is 29.7 Å². The van der Waals surface area contributed by atoms with Gasteiger partial charge in [-0.3, -0.25) is 0 Å². The summed E-state index contributed by atoms with van der Waals surface area (Å²) in [6.07, 6.45) is 51.4. The summed E-state index contributed by atoms with van der Waals surface area (Å²) >= 11 is 0. The van der Waals surface area contributed by atoms with Gasteiger partial charge in [0, 0.05) is 36.0 Å². The van der Waals surface area contributed by atoms with Gasteiger partial charge in [0.2, 0.25) is 0 Å². The van der Waals surface area contributed by atoms with Crippen LogP contribution in [0.5, 0.6) is 0 Å². The van der Waals surface area contributed by atoms with Gasteiger partial charge in [0.25, 0.3) is 17.5 Å². The topological polar surface area (TPSA) is 251 Å². The Morgan fingerprint density at radius 1 is 0.427 bits per heavy atom. The van der Waals surface area contributed by atoms with E-state index in [0.717, 1.165) is 37.5 Å². The number of imidazole rings is 3. The highest BCUT2D eigenvalue weighted by Crippen LogP contribution is 2.15. The van der Waals surface area contributed by atoms with Crippen molar-refractivity contribution in [2.24, 2.45) is 0 Å². The van der Waals surface area contributed by atoms with Crippen LogP contribution in [-0.2, 0) is 19.3 Å². The molecule has 15 nitrogen and oxygen atoms in total. The van der Waals surface area contributed by atoms with Crippen molar-refractivity contribution in [3.8, 4) is 18.2 Å². The highest BCUT2D eigenvalue weighted by molar-refractivity contribution is 6.07. The quantitative estimate of drug-likeness (QED) is 0.0289. The first-order valence-electron chi connectivity index (χ1n) is 28.5. The van der Waals surface area contributed by atoms with Crippen LogP contribution >= 0.6 is 0 Å². The summed E-state index contributed by atoms with van der Waals surface area (Å²) in [6.45, 7) is 12.6. The first-order chi connectivity index (χ1) is 36.3. The Bertz CT molecular complexity index is 2050. The Morgan fingerprint density at radius 2 is 0.667 bits per heavy atom. The largest absolute Gasteiger partial charge is 0.545 e. The molecular formula is C60H93N9O6. The van der Waals surface area contributed by atoms with Gasteiger partial charge in [-0.05, 0) is 40.0 Å². The van der Waals surface area contributed by atoms with Crippen LogP contribution in [0.2, 0.25) is 0 Å². The molecular weight excluding hydrogens is 943 g/mol. The van der Waals surface area contributed by atoms with E-state index in [0.29, 0.717) is 0 Å². The standard InChI is InChI=1S/3C17H29N3.C9H6O6/c3*1-3-4-5-6-7-8-9-10-11-12-17-19-13-14-20(17)16(2)15-18;10-7(11)4-2-1-3-5(8(12)13)6(4)9(14)15/h3*13-14,16H,3-12H2,1-2H3;1-3H,(H,10,11)(H,12,13)(H,14,15). The molecule has 3 heterocycles. The van der Waals surface area contributed by atoms with Gasteiger partial charge in [0.1, 0.15) is 55.4 Å². The van der Waals surface area contributed by atoms with Crippen LogP contribution in [0.25, 0.3) is 0 Å². The number of carbonyl (C=O) groups excluding carboxylic acids is 3. The van der Waals surface area contributed by atoms with Crippen molar-refractivity contribution in [3.63, 3.8) is 0 Å². The Balaban J connectivity index is 0.000000503. The van der Waals surface area contributed by atoms with Crippen molar-refractivity contribution in [3.05, 3.63) is 89.5 Å². The Labute approximate surface area is 450 Å². The van der Waals surface area contributed by atoms with Gasteiger partial charge in [0.05, 0.1) is 17.9 Å². The third-order valence-corrected chi connectivity index (χ3v) is 13.5. The van der Waals surface area contributed by atoms with Crippen LogP contribution < -0.4 is 29.0 Å². The zero-order valence-electron chi connectivity index (χ0n) is 46.8. The molecule has 0 saturated carbocycles. The molecule has 1 aromatic carbocycles. The summed E-state index contributed by atoms with van der Waals surface area (Å²) in [7, 11) is 0. The van der Waals surface area contributed by atoms with Crippen LogP contribution in [0, 0.1) is 34.0 Å². The number of carboxylic acids is 3. The first kappa shape index (κ1) is 66.7. The van der Waals surface area contributed by atoms with Crippen molar-refractivity contribution >= 4 is 17.9 Å². The fourth-order valence-electron chi connectivity index (χ4n) is 8.94. The minimum atomic E-state index is -1.91. The van der Waals surface area contributed by atoms with E-state index in [1.165, 1.54) is 191 Å². The van der Waals surface area contributed by atoms with Gasteiger partial charge in [-0.15, -0.1) is 0 Å². The Hall–Kier alpha value is -6.27. The van der Waals surface area contributed by atoms with Crippen LogP contribution in [0.15, 0.2) is 55.4 Å². The lowest BCUT2D eigenvalue weighted by atomic mass is 10.0. The lowest BCUT2D eigenvalue weighted by Crippen LogP contribution is -2.39. The Morgan fingerprint density at radius 3 is 0.880 bits per heavy atom. The number of aryl methyl sites for hydroxylation is 3.